The Morgan fingerprint density at radius 2 is 1.22 bits per heavy atom. The summed E-state index contributed by atoms with van der Waals surface area (Å²) in [5, 5.41) is 3.24. The molecule has 109 valence electrons. The highest BCUT2D eigenvalue weighted by Gasteiger charge is 2.02. The van der Waals surface area contributed by atoms with Gasteiger partial charge in [0.15, 0.2) is 0 Å². The zero-order chi connectivity index (χ0) is 15.6. The molecule has 0 fully saturated rings. The molecule has 0 saturated carbocycles. The molecular weight excluding hydrogens is 300 g/mol. The van der Waals surface area contributed by atoms with Crippen molar-refractivity contribution >= 4 is 22.4 Å². The van der Waals surface area contributed by atoms with Gasteiger partial charge >= 0.3 is 0 Å². The van der Waals surface area contributed by atoms with Crippen LogP contribution in [0.3, 0.4) is 0 Å². The third-order valence-corrected chi connectivity index (χ3v) is 4.27. The van der Waals surface area contributed by atoms with Crippen LogP contribution in [-0.4, -0.2) is 0 Å². The third kappa shape index (κ3) is 2.86. The lowest BCUT2D eigenvalue weighted by atomic mass is 9.98. The second kappa shape index (κ2) is 5.91. The van der Waals surface area contributed by atoms with Crippen LogP contribution in [0.2, 0.25) is 5.02 Å². The van der Waals surface area contributed by atoms with Crippen molar-refractivity contribution in [3.63, 3.8) is 0 Å². The minimum Gasteiger partial charge on any atom is -0.0843 e. The van der Waals surface area contributed by atoms with E-state index in [0.29, 0.717) is 5.02 Å². The summed E-state index contributed by atoms with van der Waals surface area (Å²) >= 11 is 6.05. The first kappa shape index (κ1) is 14.0. The van der Waals surface area contributed by atoms with E-state index < -0.39 is 0 Å². The SMILES string of the molecule is Clc1c[c]cc(-c2ccc(-c3ccc4ccccc4c3)cc2)c1. The van der Waals surface area contributed by atoms with E-state index in [1.807, 2.05) is 12.1 Å². The highest BCUT2D eigenvalue weighted by atomic mass is 35.5. The normalized spacial score (nSPS) is 10.8. The van der Waals surface area contributed by atoms with E-state index >= 15 is 0 Å². The predicted molar refractivity (Wildman–Crippen MR) is 98.7 cm³/mol. The van der Waals surface area contributed by atoms with Gasteiger partial charge in [-0.1, -0.05) is 72.3 Å². The predicted octanol–water partition coefficient (Wildman–Crippen LogP) is 6.63. The first-order valence-corrected chi connectivity index (χ1v) is 7.94. The van der Waals surface area contributed by atoms with E-state index in [2.05, 4.69) is 72.8 Å². The first-order chi connectivity index (χ1) is 11.3. The molecule has 0 amide bonds. The van der Waals surface area contributed by atoms with E-state index in [0.717, 1.165) is 11.1 Å². The van der Waals surface area contributed by atoms with E-state index in [4.69, 9.17) is 11.6 Å². The third-order valence-electron chi connectivity index (χ3n) is 4.05. The van der Waals surface area contributed by atoms with Gasteiger partial charge in [-0.2, -0.15) is 0 Å². The van der Waals surface area contributed by atoms with Gasteiger partial charge < -0.3 is 0 Å². The zero-order valence-corrected chi connectivity index (χ0v) is 13.2. The van der Waals surface area contributed by atoms with Gasteiger partial charge in [0, 0.05) is 5.02 Å². The van der Waals surface area contributed by atoms with Gasteiger partial charge in [-0.3, -0.25) is 0 Å². The maximum Gasteiger partial charge on any atom is 0.0418 e. The lowest BCUT2D eigenvalue weighted by molar-refractivity contribution is 1.59. The molecule has 0 aliphatic rings. The molecule has 0 spiro atoms. The standard InChI is InChI=1S/C22H14Cl/c23-22-7-3-6-20(15-22)17-8-10-18(11-9-17)21-13-12-16-4-1-2-5-19(16)14-21/h1-2,4-15H. The summed E-state index contributed by atoms with van der Waals surface area (Å²) in [7, 11) is 0. The van der Waals surface area contributed by atoms with Crippen molar-refractivity contribution in [1.29, 1.82) is 0 Å². The smallest absolute Gasteiger partial charge is 0.0418 e. The van der Waals surface area contributed by atoms with Crippen molar-refractivity contribution < 1.29 is 0 Å². The van der Waals surface area contributed by atoms with Crippen LogP contribution in [0.15, 0.2) is 84.9 Å². The minimum atomic E-state index is 0.709. The van der Waals surface area contributed by atoms with Gasteiger partial charge in [0.05, 0.1) is 0 Å². The van der Waals surface area contributed by atoms with Gasteiger partial charge in [-0.05, 0) is 63.4 Å². The number of benzene rings is 4. The second-order valence-electron chi connectivity index (χ2n) is 5.58. The molecule has 0 nitrogen and oxygen atoms in total. The Morgan fingerprint density at radius 1 is 0.565 bits per heavy atom. The van der Waals surface area contributed by atoms with Gasteiger partial charge in [-0.25, -0.2) is 0 Å². The fourth-order valence-corrected chi connectivity index (χ4v) is 3.01. The lowest BCUT2D eigenvalue weighted by Gasteiger charge is -2.07. The fourth-order valence-electron chi connectivity index (χ4n) is 2.83. The molecule has 1 radical (unpaired) electrons. The Balaban J connectivity index is 1.72. The van der Waals surface area contributed by atoms with Gasteiger partial charge in [0.25, 0.3) is 0 Å². The maximum absolute atomic E-state index is 6.05. The number of rotatable bonds is 2. The first-order valence-electron chi connectivity index (χ1n) is 7.56. The van der Waals surface area contributed by atoms with Gasteiger partial charge in [0.1, 0.15) is 0 Å². The molecule has 0 aliphatic carbocycles. The quantitative estimate of drug-likeness (QED) is 0.390. The Labute approximate surface area is 141 Å². The lowest BCUT2D eigenvalue weighted by Crippen LogP contribution is -1.81. The molecule has 4 aromatic rings. The molecule has 23 heavy (non-hydrogen) atoms. The Kier molecular flexibility index (Phi) is 3.61. The van der Waals surface area contributed by atoms with Crippen LogP contribution in [0.5, 0.6) is 0 Å². The topological polar surface area (TPSA) is 0 Å². The molecule has 0 heterocycles. The van der Waals surface area contributed by atoms with Crippen molar-refractivity contribution in [3.05, 3.63) is 96.0 Å². The highest BCUT2D eigenvalue weighted by Crippen LogP contribution is 2.28. The Hall–Kier alpha value is -2.57. The second-order valence-corrected chi connectivity index (χ2v) is 6.02. The van der Waals surface area contributed by atoms with Crippen LogP contribution in [0.1, 0.15) is 0 Å². The Morgan fingerprint density at radius 3 is 1.96 bits per heavy atom. The summed E-state index contributed by atoms with van der Waals surface area (Å²) in [5.74, 6) is 0. The summed E-state index contributed by atoms with van der Waals surface area (Å²) in [5.41, 5.74) is 4.68. The average Bonchev–Trinajstić information content (AvgIpc) is 2.61. The number of hydrogen-bond donors (Lipinski definition) is 0. The summed E-state index contributed by atoms with van der Waals surface area (Å²) in [6.07, 6.45) is 0. The Bertz CT molecular complexity index is 968. The minimum absolute atomic E-state index is 0.709. The van der Waals surface area contributed by atoms with E-state index in [1.54, 1.807) is 6.07 Å². The highest BCUT2D eigenvalue weighted by molar-refractivity contribution is 6.30. The summed E-state index contributed by atoms with van der Waals surface area (Å²) < 4.78 is 0. The molecule has 0 N–H and O–H groups in total. The monoisotopic (exact) mass is 313 g/mol. The van der Waals surface area contributed by atoms with Crippen LogP contribution >= 0.6 is 11.6 Å². The average molecular weight is 314 g/mol. The molecule has 4 aromatic carbocycles. The maximum atomic E-state index is 6.05. The molecule has 0 atom stereocenters. The van der Waals surface area contributed by atoms with E-state index in [-0.39, 0.29) is 0 Å². The van der Waals surface area contributed by atoms with E-state index in [1.165, 1.54) is 21.9 Å². The van der Waals surface area contributed by atoms with Crippen LogP contribution in [-0.2, 0) is 0 Å². The van der Waals surface area contributed by atoms with Crippen molar-refractivity contribution in [2.75, 3.05) is 0 Å². The summed E-state index contributed by atoms with van der Waals surface area (Å²) in [6.45, 7) is 0. The van der Waals surface area contributed by atoms with Crippen molar-refractivity contribution in [2.24, 2.45) is 0 Å². The number of halogens is 1. The molecule has 0 aliphatic heterocycles. The van der Waals surface area contributed by atoms with E-state index in [9.17, 15) is 0 Å². The van der Waals surface area contributed by atoms with Crippen LogP contribution < -0.4 is 0 Å². The molecule has 4 rings (SSSR count). The molecule has 0 saturated heterocycles. The molecule has 0 aromatic heterocycles. The molecular formula is C22H14Cl. The van der Waals surface area contributed by atoms with Gasteiger partial charge in [-0.15, -0.1) is 0 Å². The van der Waals surface area contributed by atoms with Crippen molar-refractivity contribution in [1.82, 2.24) is 0 Å². The summed E-state index contributed by atoms with van der Waals surface area (Å²) in [4.78, 5) is 0. The fraction of sp³-hybridized carbons (Fsp3) is 0. The van der Waals surface area contributed by atoms with Crippen LogP contribution in [0.4, 0.5) is 0 Å². The number of hydrogen-bond acceptors (Lipinski definition) is 0. The largest absolute Gasteiger partial charge is 0.0843 e. The zero-order valence-electron chi connectivity index (χ0n) is 12.5. The van der Waals surface area contributed by atoms with Crippen LogP contribution in [0, 0.1) is 6.07 Å². The van der Waals surface area contributed by atoms with Crippen molar-refractivity contribution in [3.8, 4) is 22.3 Å². The molecule has 1 heteroatoms. The molecule has 0 unspecified atom stereocenters. The summed E-state index contributed by atoms with van der Waals surface area (Å²) in [6, 6.07) is 32.3. The number of fused-ring (bicyclic) bond motifs is 1. The van der Waals surface area contributed by atoms with Crippen molar-refractivity contribution in [2.45, 2.75) is 0 Å². The van der Waals surface area contributed by atoms with Crippen LogP contribution in [0.25, 0.3) is 33.0 Å². The molecule has 0 bridgehead atoms. The van der Waals surface area contributed by atoms with Gasteiger partial charge in [0.2, 0.25) is 0 Å².